The van der Waals surface area contributed by atoms with Gasteiger partial charge in [-0.05, 0) is 64.8 Å². The van der Waals surface area contributed by atoms with Crippen molar-refractivity contribution in [3.63, 3.8) is 0 Å². The van der Waals surface area contributed by atoms with Gasteiger partial charge in [0.25, 0.3) is 0 Å². The number of hydrogen-bond acceptors (Lipinski definition) is 5. The van der Waals surface area contributed by atoms with Crippen molar-refractivity contribution >= 4 is 45.5 Å². The number of aliphatic imine (C=N–C) groups is 1. The largest absolute Gasteiger partial charge is 0.490 e. The summed E-state index contributed by atoms with van der Waals surface area (Å²) >= 11 is 9.67. The molecule has 0 unspecified atom stereocenters. The first-order valence-corrected chi connectivity index (χ1v) is 11.1. The van der Waals surface area contributed by atoms with Gasteiger partial charge in [0.05, 0.1) is 12.2 Å². The van der Waals surface area contributed by atoms with Gasteiger partial charge in [-0.1, -0.05) is 48.0 Å². The van der Waals surface area contributed by atoms with Crippen molar-refractivity contribution in [1.29, 1.82) is 0 Å². The van der Waals surface area contributed by atoms with Gasteiger partial charge >= 0.3 is 5.97 Å². The molecule has 0 radical (unpaired) electrons. The molecule has 0 spiro atoms. The van der Waals surface area contributed by atoms with E-state index in [1.165, 1.54) is 0 Å². The third-order valence-corrected chi connectivity index (χ3v) is 5.70. The molecule has 3 aromatic rings. The summed E-state index contributed by atoms with van der Waals surface area (Å²) in [6.45, 7) is 2.67. The second-order valence-corrected chi connectivity index (χ2v) is 8.10. The van der Waals surface area contributed by atoms with Crippen LogP contribution >= 0.6 is 27.5 Å². The molecule has 0 atom stereocenters. The maximum atomic E-state index is 12.4. The number of carbonyl (C=O) groups is 1. The van der Waals surface area contributed by atoms with Crippen LogP contribution in [0.25, 0.3) is 6.08 Å². The number of cyclic esters (lactones) is 1. The normalized spacial score (nSPS) is 14.3. The highest BCUT2D eigenvalue weighted by molar-refractivity contribution is 9.10. The first kappa shape index (κ1) is 22.1. The summed E-state index contributed by atoms with van der Waals surface area (Å²) in [5, 5.41) is 0.644. The van der Waals surface area contributed by atoms with E-state index in [0.29, 0.717) is 35.3 Å². The van der Waals surface area contributed by atoms with Gasteiger partial charge in [-0.3, -0.25) is 0 Å². The fourth-order valence-corrected chi connectivity index (χ4v) is 3.73. The summed E-state index contributed by atoms with van der Waals surface area (Å²) in [4.78, 5) is 16.7. The SMILES string of the molecule is CCOc1cc(/C=C2/N=C(c3ccccc3Br)OC2=O)ccc1OCc1ccccc1Cl. The Hall–Kier alpha value is -3.09. The molecule has 3 aromatic carbocycles. The molecule has 0 fully saturated rings. The number of carbonyl (C=O) groups excluding carboxylic acids is 1. The van der Waals surface area contributed by atoms with Crippen molar-refractivity contribution in [1.82, 2.24) is 0 Å². The molecule has 7 heteroatoms. The predicted octanol–water partition coefficient (Wildman–Crippen LogP) is 6.42. The van der Waals surface area contributed by atoms with Crippen molar-refractivity contribution in [3.8, 4) is 11.5 Å². The maximum absolute atomic E-state index is 12.4. The third kappa shape index (κ3) is 5.03. The molecule has 5 nitrogen and oxygen atoms in total. The fraction of sp³-hybridized carbons (Fsp3) is 0.120. The highest BCUT2D eigenvalue weighted by Gasteiger charge is 2.25. The van der Waals surface area contributed by atoms with Gasteiger partial charge in [0.2, 0.25) is 5.90 Å². The van der Waals surface area contributed by atoms with E-state index in [9.17, 15) is 4.79 Å². The second-order valence-electron chi connectivity index (χ2n) is 6.84. The zero-order chi connectivity index (χ0) is 22.5. The van der Waals surface area contributed by atoms with E-state index in [4.69, 9.17) is 25.8 Å². The lowest BCUT2D eigenvalue weighted by Crippen LogP contribution is -2.05. The van der Waals surface area contributed by atoms with E-state index in [1.54, 1.807) is 18.2 Å². The number of ether oxygens (including phenoxy) is 3. The zero-order valence-corrected chi connectivity index (χ0v) is 19.5. The van der Waals surface area contributed by atoms with Crippen molar-refractivity contribution in [2.24, 2.45) is 4.99 Å². The Bertz CT molecular complexity index is 1220. The van der Waals surface area contributed by atoms with Gasteiger partial charge in [0.15, 0.2) is 17.2 Å². The standard InChI is InChI=1S/C25H19BrClNO4/c1-2-30-23-14-16(11-12-22(23)31-15-17-7-3-6-10-20(17)27)13-21-25(29)32-24(28-21)18-8-4-5-9-19(18)26/h3-14H,2,15H2,1H3/b21-13+. The molecule has 0 amide bonds. The van der Waals surface area contributed by atoms with Crippen molar-refractivity contribution in [3.05, 3.63) is 98.6 Å². The monoisotopic (exact) mass is 511 g/mol. The van der Waals surface area contributed by atoms with E-state index < -0.39 is 5.97 Å². The molecule has 0 N–H and O–H groups in total. The Balaban J connectivity index is 1.58. The maximum Gasteiger partial charge on any atom is 0.363 e. The van der Waals surface area contributed by atoms with Crippen LogP contribution in [0.5, 0.6) is 11.5 Å². The molecule has 1 aliphatic rings. The van der Waals surface area contributed by atoms with Crippen LogP contribution in [0.2, 0.25) is 5.02 Å². The van der Waals surface area contributed by atoms with E-state index in [0.717, 1.165) is 15.6 Å². The van der Waals surface area contributed by atoms with Crippen LogP contribution in [-0.4, -0.2) is 18.5 Å². The first-order chi connectivity index (χ1) is 15.5. The molecule has 1 heterocycles. The highest BCUT2D eigenvalue weighted by Crippen LogP contribution is 2.32. The van der Waals surface area contributed by atoms with Gasteiger partial charge in [0, 0.05) is 15.1 Å². The number of esters is 1. The molecule has 162 valence electrons. The molecule has 4 rings (SSSR count). The summed E-state index contributed by atoms with van der Waals surface area (Å²) in [5.41, 5.74) is 2.54. The molecule has 0 saturated carbocycles. The molecule has 0 bridgehead atoms. The van der Waals surface area contributed by atoms with Crippen LogP contribution in [0, 0.1) is 0 Å². The van der Waals surface area contributed by atoms with Gasteiger partial charge in [-0.25, -0.2) is 9.79 Å². The van der Waals surface area contributed by atoms with Gasteiger partial charge in [-0.15, -0.1) is 0 Å². The van der Waals surface area contributed by atoms with Gasteiger partial charge < -0.3 is 14.2 Å². The summed E-state index contributed by atoms with van der Waals surface area (Å²) in [6, 6.07) is 20.4. The number of nitrogens with zero attached hydrogens (tertiary/aromatic N) is 1. The van der Waals surface area contributed by atoms with Crippen LogP contribution in [0.1, 0.15) is 23.6 Å². The number of hydrogen-bond donors (Lipinski definition) is 0. The van der Waals surface area contributed by atoms with Crippen molar-refractivity contribution < 1.29 is 19.0 Å². The predicted molar refractivity (Wildman–Crippen MR) is 128 cm³/mol. The first-order valence-electron chi connectivity index (χ1n) is 9.95. The van der Waals surface area contributed by atoms with Gasteiger partial charge in [0.1, 0.15) is 6.61 Å². The molecular weight excluding hydrogens is 494 g/mol. The molecule has 0 aliphatic carbocycles. The third-order valence-electron chi connectivity index (χ3n) is 4.64. The minimum atomic E-state index is -0.507. The molecular formula is C25H19BrClNO4. The van der Waals surface area contributed by atoms with Crippen LogP contribution in [0.4, 0.5) is 0 Å². The Morgan fingerprint density at radius 3 is 2.59 bits per heavy atom. The lowest BCUT2D eigenvalue weighted by molar-refractivity contribution is -0.129. The highest BCUT2D eigenvalue weighted by atomic mass is 79.9. The minimum Gasteiger partial charge on any atom is -0.490 e. The number of rotatable bonds is 7. The lowest BCUT2D eigenvalue weighted by Gasteiger charge is -2.13. The molecule has 32 heavy (non-hydrogen) atoms. The Morgan fingerprint density at radius 2 is 1.81 bits per heavy atom. The van der Waals surface area contributed by atoms with E-state index >= 15 is 0 Å². The smallest absolute Gasteiger partial charge is 0.363 e. The topological polar surface area (TPSA) is 57.1 Å². The average Bonchev–Trinajstić information content (AvgIpc) is 3.14. The van der Waals surface area contributed by atoms with Crippen LogP contribution in [-0.2, 0) is 16.1 Å². The number of benzene rings is 3. The second kappa shape index (κ2) is 10.0. The quantitative estimate of drug-likeness (QED) is 0.271. The van der Waals surface area contributed by atoms with Crippen LogP contribution in [0.3, 0.4) is 0 Å². The molecule has 1 aliphatic heterocycles. The number of halogens is 2. The van der Waals surface area contributed by atoms with Crippen LogP contribution < -0.4 is 9.47 Å². The Labute approximate surface area is 199 Å². The molecule has 0 aromatic heterocycles. The Morgan fingerprint density at radius 1 is 1.03 bits per heavy atom. The summed E-state index contributed by atoms with van der Waals surface area (Å²) in [7, 11) is 0. The van der Waals surface area contributed by atoms with Gasteiger partial charge in [-0.2, -0.15) is 0 Å². The van der Waals surface area contributed by atoms with E-state index in [2.05, 4.69) is 20.9 Å². The fourth-order valence-electron chi connectivity index (χ4n) is 3.09. The van der Waals surface area contributed by atoms with Crippen LogP contribution in [0.15, 0.2) is 81.9 Å². The lowest BCUT2D eigenvalue weighted by atomic mass is 10.1. The molecule has 0 saturated heterocycles. The summed E-state index contributed by atoms with van der Waals surface area (Å²) in [6.07, 6.45) is 1.66. The van der Waals surface area contributed by atoms with Crippen molar-refractivity contribution in [2.75, 3.05) is 6.61 Å². The summed E-state index contributed by atoms with van der Waals surface area (Å²) in [5.74, 6) is 0.904. The van der Waals surface area contributed by atoms with E-state index in [-0.39, 0.29) is 11.6 Å². The minimum absolute atomic E-state index is 0.211. The average molecular weight is 513 g/mol. The van der Waals surface area contributed by atoms with E-state index in [1.807, 2.05) is 61.5 Å². The zero-order valence-electron chi connectivity index (χ0n) is 17.2. The Kier molecular flexibility index (Phi) is 6.93. The van der Waals surface area contributed by atoms with Crippen molar-refractivity contribution in [2.45, 2.75) is 13.5 Å². The summed E-state index contributed by atoms with van der Waals surface area (Å²) < 4.78 is 17.8.